The summed E-state index contributed by atoms with van der Waals surface area (Å²) < 4.78 is 6.84. The monoisotopic (exact) mass is 201 g/mol. The maximum atomic E-state index is 12.0. The third-order valence-corrected chi connectivity index (χ3v) is 2.69. The van der Waals surface area contributed by atoms with Gasteiger partial charge in [0, 0.05) is 11.6 Å². The summed E-state index contributed by atoms with van der Waals surface area (Å²) in [6.07, 6.45) is 2.08. The third kappa shape index (κ3) is 1.55. The van der Waals surface area contributed by atoms with E-state index in [1.165, 1.54) is 0 Å². The zero-order valence-electron chi connectivity index (χ0n) is 8.22. The predicted octanol–water partition coefficient (Wildman–Crippen LogP) is 1.40. The molecule has 0 spiro atoms. The van der Waals surface area contributed by atoms with E-state index in [1.54, 1.807) is 4.57 Å². The molecule has 1 aliphatic heterocycles. The van der Waals surface area contributed by atoms with Gasteiger partial charge in [0.1, 0.15) is 0 Å². The van der Waals surface area contributed by atoms with E-state index in [0.29, 0.717) is 6.54 Å². The topological polar surface area (TPSA) is 34.5 Å². The van der Waals surface area contributed by atoms with E-state index < -0.39 is 0 Å². The van der Waals surface area contributed by atoms with Crippen LogP contribution in [-0.4, -0.2) is 17.3 Å². The second-order valence-electron chi connectivity index (χ2n) is 3.82. The van der Waals surface area contributed by atoms with Crippen molar-refractivity contribution in [3.8, 4) is 0 Å². The van der Waals surface area contributed by atoms with Crippen LogP contribution >= 0.6 is 0 Å². The van der Waals surface area contributed by atoms with Gasteiger partial charge in [-0.25, -0.2) is 0 Å². The summed E-state index contributed by atoms with van der Waals surface area (Å²) in [5.41, 5.74) is 0.0728. The van der Waals surface area contributed by atoms with Crippen LogP contribution < -0.4 is 5.56 Å². The Morgan fingerprint density at radius 3 is 2.93 bits per heavy atom. The highest BCUT2D eigenvalue weighted by molar-refractivity contribution is 5.81. The number of pyridine rings is 1. The molecule has 15 heavy (non-hydrogen) atoms. The summed E-state index contributed by atoms with van der Waals surface area (Å²) in [6.45, 7) is 1.45. The molecule has 1 aromatic carbocycles. The highest BCUT2D eigenvalue weighted by Crippen LogP contribution is 2.12. The van der Waals surface area contributed by atoms with Gasteiger partial charge in [0.25, 0.3) is 5.56 Å². The van der Waals surface area contributed by atoms with Crippen LogP contribution in [0.5, 0.6) is 0 Å². The van der Waals surface area contributed by atoms with Crippen molar-refractivity contribution in [1.82, 2.24) is 4.57 Å². The van der Waals surface area contributed by atoms with Crippen LogP contribution in [0.2, 0.25) is 0 Å². The van der Waals surface area contributed by atoms with Crippen LogP contribution in [0.25, 0.3) is 10.8 Å². The first-order valence-corrected chi connectivity index (χ1v) is 5.04. The Bertz CT molecular complexity index is 555. The molecule has 1 aromatic heterocycles. The molecule has 3 rings (SSSR count). The molecule has 1 saturated heterocycles. The number of nitrogens with zero attached hydrogens (tertiary/aromatic N) is 1. The molecular weight excluding hydrogens is 190 g/mol. The van der Waals surface area contributed by atoms with Crippen LogP contribution in [-0.2, 0) is 11.3 Å². The van der Waals surface area contributed by atoms with E-state index in [1.807, 2.05) is 36.5 Å². The van der Waals surface area contributed by atoms with Crippen molar-refractivity contribution >= 4 is 10.8 Å². The van der Waals surface area contributed by atoms with Gasteiger partial charge in [-0.3, -0.25) is 4.79 Å². The average molecular weight is 201 g/mol. The number of ether oxygens (including phenoxy) is 1. The molecule has 0 saturated carbocycles. The number of aromatic nitrogens is 1. The van der Waals surface area contributed by atoms with Crippen molar-refractivity contribution in [1.29, 1.82) is 0 Å². The first-order valence-electron chi connectivity index (χ1n) is 5.04. The summed E-state index contributed by atoms with van der Waals surface area (Å²) in [6, 6.07) is 9.62. The van der Waals surface area contributed by atoms with Crippen molar-refractivity contribution in [2.75, 3.05) is 6.61 Å². The lowest BCUT2D eigenvalue weighted by atomic mass is 10.2. The Hall–Kier alpha value is -1.61. The van der Waals surface area contributed by atoms with Crippen molar-refractivity contribution in [3.05, 3.63) is 46.9 Å². The van der Waals surface area contributed by atoms with Crippen molar-refractivity contribution in [2.24, 2.45) is 0 Å². The molecule has 2 aromatic rings. The quantitative estimate of drug-likeness (QED) is 0.688. The zero-order valence-corrected chi connectivity index (χ0v) is 8.22. The fourth-order valence-electron chi connectivity index (χ4n) is 1.77. The Balaban J connectivity index is 2.15. The van der Waals surface area contributed by atoms with E-state index in [0.717, 1.165) is 17.4 Å². The Kier molecular flexibility index (Phi) is 1.86. The summed E-state index contributed by atoms with van der Waals surface area (Å²) in [7, 11) is 0. The summed E-state index contributed by atoms with van der Waals surface area (Å²) in [4.78, 5) is 12.0. The number of fused-ring (bicyclic) bond motifs is 1. The Morgan fingerprint density at radius 2 is 2.13 bits per heavy atom. The predicted molar refractivity (Wildman–Crippen MR) is 57.9 cm³/mol. The van der Waals surface area contributed by atoms with Gasteiger partial charge < -0.3 is 9.30 Å². The standard InChI is InChI=1S/C12H11NO2/c14-12-11-4-2-1-3-9(11)5-6-13(12)7-10-8-15-10/h1-6,10H,7-8H2. The van der Waals surface area contributed by atoms with Gasteiger partial charge in [-0.2, -0.15) is 0 Å². The van der Waals surface area contributed by atoms with Crippen LogP contribution in [0.15, 0.2) is 41.3 Å². The summed E-state index contributed by atoms with van der Waals surface area (Å²) >= 11 is 0. The maximum absolute atomic E-state index is 12.0. The fraction of sp³-hybridized carbons (Fsp3) is 0.250. The molecule has 0 bridgehead atoms. The van der Waals surface area contributed by atoms with Crippen LogP contribution in [0.3, 0.4) is 0 Å². The summed E-state index contributed by atoms with van der Waals surface area (Å²) in [5.74, 6) is 0. The minimum atomic E-state index is 0.0728. The van der Waals surface area contributed by atoms with Crippen LogP contribution in [0, 0.1) is 0 Å². The number of hydrogen-bond acceptors (Lipinski definition) is 2. The lowest BCUT2D eigenvalue weighted by Crippen LogP contribution is -2.21. The van der Waals surface area contributed by atoms with Gasteiger partial charge >= 0.3 is 0 Å². The first-order chi connectivity index (χ1) is 7.34. The smallest absolute Gasteiger partial charge is 0.258 e. The molecule has 1 unspecified atom stereocenters. The third-order valence-electron chi connectivity index (χ3n) is 2.69. The van der Waals surface area contributed by atoms with E-state index in [-0.39, 0.29) is 11.7 Å². The summed E-state index contributed by atoms with van der Waals surface area (Å²) in [5, 5.41) is 1.77. The maximum Gasteiger partial charge on any atom is 0.258 e. The second kappa shape index (κ2) is 3.21. The largest absolute Gasteiger partial charge is 0.371 e. The van der Waals surface area contributed by atoms with Crippen molar-refractivity contribution < 1.29 is 4.74 Å². The van der Waals surface area contributed by atoms with Crippen molar-refractivity contribution in [3.63, 3.8) is 0 Å². The number of benzene rings is 1. The van der Waals surface area contributed by atoms with Gasteiger partial charge in [-0.1, -0.05) is 18.2 Å². The van der Waals surface area contributed by atoms with E-state index in [2.05, 4.69) is 0 Å². The van der Waals surface area contributed by atoms with Gasteiger partial charge in [0.2, 0.25) is 0 Å². The average Bonchev–Trinajstić information content (AvgIpc) is 3.07. The second-order valence-corrected chi connectivity index (χ2v) is 3.82. The molecule has 2 heterocycles. The van der Waals surface area contributed by atoms with Crippen LogP contribution in [0.4, 0.5) is 0 Å². The molecule has 0 radical (unpaired) electrons. The molecule has 76 valence electrons. The number of rotatable bonds is 2. The molecule has 3 heteroatoms. The first kappa shape index (κ1) is 8.68. The minimum Gasteiger partial charge on any atom is -0.371 e. The van der Waals surface area contributed by atoms with E-state index in [9.17, 15) is 4.79 Å². The van der Waals surface area contributed by atoms with Crippen molar-refractivity contribution in [2.45, 2.75) is 12.6 Å². The van der Waals surface area contributed by atoms with Gasteiger partial charge in [-0.05, 0) is 17.5 Å². The Labute approximate surface area is 86.9 Å². The van der Waals surface area contributed by atoms with Gasteiger partial charge in [-0.15, -0.1) is 0 Å². The minimum absolute atomic E-state index is 0.0728. The molecule has 3 nitrogen and oxygen atoms in total. The lowest BCUT2D eigenvalue weighted by Gasteiger charge is -2.04. The fourth-order valence-corrected chi connectivity index (χ4v) is 1.77. The SMILES string of the molecule is O=c1c2ccccc2ccn1CC1CO1. The molecule has 0 amide bonds. The molecule has 0 aliphatic carbocycles. The molecule has 1 aliphatic rings. The Morgan fingerprint density at radius 1 is 1.33 bits per heavy atom. The molecular formula is C12H11NO2. The van der Waals surface area contributed by atoms with Crippen LogP contribution in [0.1, 0.15) is 0 Å². The molecule has 0 N–H and O–H groups in total. The highest BCUT2D eigenvalue weighted by atomic mass is 16.6. The molecule has 1 atom stereocenters. The lowest BCUT2D eigenvalue weighted by molar-refractivity contribution is 0.381. The van der Waals surface area contributed by atoms with Gasteiger partial charge in [0.05, 0.1) is 19.3 Å². The number of epoxide rings is 1. The van der Waals surface area contributed by atoms with E-state index in [4.69, 9.17) is 4.74 Å². The molecule has 1 fully saturated rings. The number of hydrogen-bond donors (Lipinski definition) is 0. The van der Waals surface area contributed by atoms with E-state index >= 15 is 0 Å². The zero-order chi connectivity index (χ0) is 10.3. The van der Waals surface area contributed by atoms with Gasteiger partial charge in [0.15, 0.2) is 0 Å². The highest BCUT2D eigenvalue weighted by Gasteiger charge is 2.23. The normalized spacial score (nSPS) is 19.3.